The van der Waals surface area contributed by atoms with E-state index in [9.17, 15) is 5.11 Å². The van der Waals surface area contributed by atoms with Gasteiger partial charge in [-0.1, -0.05) is 0 Å². The van der Waals surface area contributed by atoms with E-state index in [1.807, 2.05) is 6.92 Å². The lowest BCUT2D eigenvalue weighted by Gasteiger charge is -2.16. The molecule has 2 unspecified atom stereocenters. The normalized spacial score (nSPS) is 24.3. The number of hydrogen-bond donors (Lipinski definition) is 3. The smallest absolute Gasteiger partial charge is 0.0905 e. The summed E-state index contributed by atoms with van der Waals surface area (Å²) in [6, 6.07) is 0. The van der Waals surface area contributed by atoms with Crippen molar-refractivity contribution >= 4 is 5.84 Å². The Morgan fingerprint density at radius 1 is 1.60 bits per heavy atom. The highest BCUT2D eigenvalue weighted by atomic mass is 16.3. The number of hydrogen-bond acceptors (Lipinski definition) is 3. The van der Waals surface area contributed by atoms with Gasteiger partial charge in [-0.25, -0.2) is 0 Å². The third kappa shape index (κ3) is 4.62. The van der Waals surface area contributed by atoms with Gasteiger partial charge in [0, 0.05) is 13.0 Å². The highest BCUT2D eigenvalue weighted by molar-refractivity contribution is 5.76. The fourth-order valence-electron chi connectivity index (χ4n) is 2.11. The number of aliphatic hydroxyl groups is 1. The molecule has 2 atom stereocenters. The van der Waals surface area contributed by atoms with Gasteiger partial charge in [-0.05, 0) is 45.2 Å². The molecule has 0 bridgehead atoms. The van der Waals surface area contributed by atoms with Crippen molar-refractivity contribution in [3.05, 3.63) is 0 Å². The zero-order valence-corrected chi connectivity index (χ0v) is 9.58. The van der Waals surface area contributed by atoms with Crippen molar-refractivity contribution in [2.45, 2.75) is 38.7 Å². The Hall–Kier alpha value is -0.610. The Bertz CT molecular complexity index is 206. The van der Waals surface area contributed by atoms with E-state index in [0.29, 0.717) is 18.2 Å². The van der Waals surface area contributed by atoms with E-state index in [1.54, 1.807) is 0 Å². The van der Waals surface area contributed by atoms with E-state index in [-0.39, 0.29) is 6.10 Å². The number of nitrogens with two attached hydrogens (primary N) is 1. The van der Waals surface area contributed by atoms with Crippen LogP contribution in [0.25, 0.3) is 0 Å². The number of nitrogens with zero attached hydrogens (tertiary/aromatic N) is 1. The van der Waals surface area contributed by atoms with Gasteiger partial charge in [0.1, 0.15) is 0 Å². The van der Waals surface area contributed by atoms with Gasteiger partial charge in [0.2, 0.25) is 0 Å². The second kappa shape index (κ2) is 6.08. The van der Waals surface area contributed by atoms with Crippen LogP contribution in [-0.4, -0.2) is 41.6 Å². The monoisotopic (exact) mass is 213 g/mol. The van der Waals surface area contributed by atoms with Crippen molar-refractivity contribution in [3.63, 3.8) is 0 Å². The lowest BCUT2D eigenvalue weighted by molar-refractivity contribution is 0.127. The van der Waals surface area contributed by atoms with Crippen LogP contribution in [0, 0.1) is 11.3 Å². The van der Waals surface area contributed by atoms with Crippen molar-refractivity contribution in [2.24, 2.45) is 11.7 Å². The predicted octanol–water partition coefficient (Wildman–Crippen LogP) is 0.795. The highest BCUT2D eigenvalue weighted by Gasteiger charge is 2.25. The summed E-state index contributed by atoms with van der Waals surface area (Å²) in [6.07, 6.45) is 3.77. The molecular weight excluding hydrogens is 190 g/mol. The van der Waals surface area contributed by atoms with E-state index in [1.165, 1.54) is 0 Å². The molecule has 0 aromatic rings. The number of rotatable bonds is 6. The summed E-state index contributed by atoms with van der Waals surface area (Å²) < 4.78 is 0. The molecule has 1 rings (SSSR count). The van der Waals surface area contributed by atoms with E-state index < -0.39 is 0 Å². The Balaban J connectivity index is 2.06. The SMILES string of the molecule is CC(O)C1CCN(CCCCC(=N)N)C1. The molecule has 4 nitrogen and oxygen atoms in total. The molecule has 4 N–H and O–H groups in total. The molecule has 1 aliphatic heterocycles. The summed E-state index contributed by atoms with van der Waals surface area (Å²) in [4.78, 5) is 2.40. The molecule has 4 heteroatoms. The van der Waals surface area contributed by atoms with Gasteiger partial charge in [-0.15, -0.1) is 0 Å². The number of nitrogens with one attached hydrogen (secondary N) is 1. The van der Waals surface area contributed by atoms with E-state index in [2.05, 4.69) is 4.90 Å². The summed E-state index contributed by atoms with van der Waals surface area (Å²) in [6.45, 7) is 5.09. The van der Waals surface area contributed by atoms with Crippen molar-refractivity contribution < 1.29 is 5.11 Å². The zero-order valence-electron chi connectivity index (χ0n) is 9.58. The number of aliphatic hydroxyl groups excluding tert-OH is 1. The summed E-state index contributed by atoms with van der Waals surface area (Å²) in [7, 11) is 0. The minimum atomic E-state index is -0.174. The zero-order chi connectivity index (χ0) is 11.3. The molecule has 1 saturated heterocycles. The second-order valence-corrected chi connectivity index (χ2v) is 4.57. The maximum absolute atomic E-state index is 9.44. The summed E-state index contributed by atoms with van der Waals surface area (Å²) in [5, 5.41) is 16.5. The molecule has 88 valence electrons. The average molecular weight is 213 g/mol. The quantitative estimate of drug-likeness (QED) is 0.347. The Morgan fingerprint density at radius 2 is 2.33 bits per heavy atom. The van der Waals surface area contributed by atoms with Gasteiger partial charge in [-0.2, -0.15) is 0 Å². The van der Waals surface area contributed by atoms with Crippen molar-refractivity contribution in [1.29, 1.82) is 5.41 Å². The van der Waals surface area contributed by atoms with Crippen LogP contribution in [0.3, 0.4) is 0 Å². The van der Waals surface area contributed by atoms with Crippen LogP contribution in [0.15, 0.2) is 0 Å². The first-order valence-corrected chi connectivity index (χ1v) is 5.83. The largest absolute Gasteiger partial charge is 0.393 e. The van der Waals surface area contributed by atoms with Crippen molar-refractivity contribution in [1.82, 2.24) is 4.90 Å². The topological polar surface area (TPSA) is 73.3 Å². The second-order valence-electron chi connectivity index (χ2n) is 4.57. The summed E-state index contributed by atoms with van der Waals surface area (Å²) in [5.41, 5.74) is 5.29. The Kier molecular flexibility index (Phi) is 5.05. The minimum absolute atomic E-state index is 0.174. The first kappa shape index (κ1) is 12.5. The molecule has 1 heterocycles. The van der Waals surface area contributed by atoms with E-state index in [4.69, 9.17) is 11.1 Å². The molecule has 0 aromatic heterocycles. The van der Waals surface area contributed by atoms with Crippen LogP contribution in [0.5, 0.6) is 0 Å². The first-order valence-electron chi connectivity index (χ1n) is 5.83. The van der Waals surface area contributed by atoms with Crippen LogP contribution >= 0.6 is 0 Å². The third-order valence-corrected chi connectivity index (χ3v) is 3.16. The number of amidine groups is 1. The molecule has 15 heavy (non-hydrogen) atoms. The molecule has 0 saturated carbocycles. The molecule has 0 aromatic carbocycles. The molecule has 1 fully saturated rings. The maximum Gasteiger partial charge on any atom is 0.0905 e. The number of likely N-dealkylation sites (tertiary alicyclic amines) is 1. The summed E-state index contributed by atoms with van der Waals surface area (Å²) >= 11 is 0. The summed E-state index contributed by atoms with van der Waals surface area (Å²) in [5.74, 6) is 0.746. The fraction of sp³-hybridized carbons (Fsp3) is 0.909. The van der Waals surface area contributed by atoms with Crippen LogP contribution in [0.1, 0.15) is 32.6 Å². The molecule has 0 spiro atoms. The average Bonchev–Trinajstić information content (AvgIpc) is 2.60. The van der Waals surface area contributed by atoms with Crippen molar-refractivity contribution in [2.75, 3.05) is 19.6 Å². The lowest BCUT2D eigenvalue weighted by atomic mass is 10.0. The molecule has 0 amide bonds. The number of unbranched alkanes of at least 4 members (excludes halogenated alkanes) is 1. The van der Waals surface area contributed by atoms with Gasteiger partial charge in [-0.3, -0.25) is 5.41 Å². The molecule has 0 aliphatic carbocycles. The third-order valence-electron chi connectivity index (χ3n) is 3.16. The first-order chi connectivity index (χ1) is 7.09. The Morgan fingerprint density at radius 3 is 2.87 bits per heavy atom. The van der Waals surface area contributed by atoms with E-state index >= 15 is 0 Å². The van der Waals surface area contributed by atoms with Crippen molar-refractivity contribution in [3.8, 4) is 0 Å². The molecule has 1 aliphatic rings. The Labute approximate surface area is 92.0 Å². The van der Waals surface area contributed by atoms with Gasteiger partial charge in [0.05, 0.1) is 11.9 Å². The maximum atomic E-state index is 9.44. The van der Waals surface area contributed by atoms with Gasteiger partial charge < -0.3 is 15.7 Å². The van der Waals surface area contributed by atoms with Crippen LogP contribution in [0.4, 0.5) is 0 Å². The fourth-order valence-corrected chi connectivity index (χ4v) is 2.11. The highest BCUT2D eigenvalue weighted by Crippen LogP contribution is 2.19. The molecule has 0 radical (unpaired) electrons. The predicted molar refractivity (Wildman–Crippen MR) is 62.0 cm³/mol. The van der Waals surface area contributed by atoms with Crippen LogP contribution in [-0.2, 0) is 0 Å². The van der Waals surface area contributed by atoms with Gasteiger partial charge in [0.25, 0.3) is 0 Å². The van der Waals surface area contributed by atoms with Crippen LogP contribution in [0.2, 0.25) is 0 Å². The lowest BCUT2D eigenvalue weighted by Crippen LogP contribution is -2.25. The van der Waals surface area contributed by atoms with Gasteiger partial charge in [0.15, 0.2) is 0 Å². The van der Waals surface area contributed by atoms with E-state index in [0.717, 1.165) is 38.9 Å². The standard InChI is InChI=1S/C11H23N3O/c1-9(15)10-5-7-14(8-10)6-3-2-4-11(12)13/h9-10,15H,2-8H2,1H3,(H3,12,13). The van der Waals surface area contributed by atoms with Crippen LogP contribution < -0.4 is 5.73 Å². The minimum Gasteiger partial charge on any atom is -0.393 e. The molecular formula is C11H23N3O. The van der Waals surface area contributed by atoms with Gasteiger partial charge >= 0.3 is 0 Å².